The predicted octanol–water partition coefficient (Wildman–Crippen LogP) is 4.42. The second-order valence-electron chi connectivity index (χ2n) is 6.19. The van der Waals surface area contributed by atoms with E-state index in [1.54, 1.807) is 0 Å². The van der Waals surface area contributed by atoms with Crippen molar-refractivity contribution in [3.05, 3.63) is 0 Å². The Bertz CT molecular complexity index is 244. The molecule has 4 nitrogen and oxygen atoms in total. The van der Waals surface area contributed by atoms with Crippen molar-refractivity contribution in [2.45, 2.75) is 79.1 Å². The third-order valence-corrected chi connectivity index (χ3v) is 3.05. The number of carbonyl (C=O) groups is 2. The fourth-order valence-corrected chi connectivity index (χ4v) is 1.82. The van der Waals surface area contributed by atoms with Crippen LogP contribution in [0.2, 0.25) is 0 Å². The van der Waals surface area contributed by atoms with E-state index in [1.165, 1.54) is 0 Å². The summed E-state index contributed by atoms with van der Waals surface area (Å²) in [7, 11) is 0. The Labute approximate surface area is 123 Å². The van der Waals surface area contributed by atoms with E-state index >= 15 is 0 Å². The molecule has 0 unspecified atom stereocenters. The van der Waals surface area contributed by atoms with Gasteiger partial charge in [-0.05, 0) is 24.7 Å². The highest BCUT2D eigenvalue weighted by Crippen LogP contribution is 2.10. The zero-order valence-electron chi connectivity index (χ0n) is 13.4. The highest BCUT2D eigenvalue weighted by atomic mass is 17.2. The van der Waals surface area contributed by atoms with Crippen LogP contribution in [-0.2, 0) is 19.4 Å². The third-order valence-electron chi connectivity index (χ3n) is 3.05. The molecule has 0 spiro atoms. The third kappa shape index (κ3) is 13.4. The van der Waals surface area contributed by atoms with E-state index in [2.05, 4.69) is 37.5 Å². The van der Waals surface area contributed by atoms with Gasteiger partial charge in [0.15, 0.2) is 0 Å². The van der Waals surface area contributed by atoms with Crippen LogP contribution in [0, 0.1) is 11.8 Å². The van der Waals surface area contributed by atoms with Crippen molar-refractivity contribution in [2.75, 3.05) is 0 Å². The molecule has 0 atom stereocenters. The molecule has 0 fully saturated rings. The van der Waals surface area contributed by atoms with Crippen LogP contribution in [0.4, 0.5) is 0 Å². The van der Waals surface area contributed by atoms with Gasteiger partial charge in [0.05, 0.1) is 12.8 Å². The smallest absolute Gasteiger partial charge is 0.247 e. The van der Waals surface area contributed by atoms with Crippen LogP contribution in [0.3, 0.4) is 0 Å². The molecule has 0 rings (SSSR count). The van der Waals surface area contributed by atoms with E-state index in [0.717, 1.165) is 38.5 Å². The quantitative estimate of drug-likeness (QED) is 0.339. The maximum atomic E-state index is 11.3. The van der Waals surface area contributed by atoms with Gasteiger partial charge in [0.1, 0.15) is 0 Å². The van der Waals surface area contributed by atoms with Gasteiger partial charge in [0, 0.05) is 0 Å². The maximum Gasteiger partial charge on any atom is 0.355 e. The molecule has 118 valence electrons. The van der Waals surface area contributed by atoms with Crippen molar-refractivity contribution in [1.29, 1.82) is 0 Å². The Morgan fingerprint density at radius 1 is 0.700 bits per heavy atom. The Morgan fingerprint density at radius 2 is 1.05 bits per heavy atom. The molecule has 0 radical (unpaired) electrons. The van der Waals surface area contributed by atoms with Gasteiger partial charge in [0.2, 0.25) is 0 Å². The molecule has 0 aliphatic carbocycles. The van der Waals surface area contributed by atoms with E-state index < -0.39 is 11.9 Å². The average molecular weight is 286 g/mol. The molecule has 0 aromatic rings. The van der Waals surface area contributed by atoms with Crippen molar-refractivity contribution in [1.82, 2.24) is 0 Å². The molecular formula is C16H30O4. The molecular weight excluding hydrogens is 256 g/mol. The van der Waals surface area contributed by atoms with Gasteiger partial charge in [-0.15, -0.1) is 0 Å². The van der Waals surface area contributed by atoms with Crippen LogP contribution in [-0.4, -0.2) is 11.9 Å². The molecule has 0 aromatic carbocycles. The van der Waals surface area contributed by atoms with Gasteiger partial charge >= 0.3 is 11.9 Å². The van der Waals surface area contributed by atoms with E-state index in [9.17, 15) is 9.59 Å². The molecule has 0 aromatic heterocycles. The fraction of sp³-hybridized carbons (Fsp3) is 0.875. The van der Waals surface area contributed by atoms with Crippen molar-refractivity contribution in [3.63, 3.8) is 0 Å². The Hall–Kier alpha value is -1.06. The summed E-state index contributed by atoms with van der Waals surface area (Å²) in [4.78, 5) is 31.6. The molecule has 0 amide bonds. The monoisotopic (exact) mass is 286 g/mol. The van der Waals surface area contributed by atoms with Crippen molar-refractivity contribution < 1.29 is 19.4 Å². The van der Waals surface area contributed by atoms with Gasteiger partial charge in [-0.1, -0.05) is 53.4 Å². The SMILES string of the molecule is CC(C)CCCCC(=O)OOC(=O)CCCCC(C)C. The van der Waals surface area contributed by atoms with Crippen molar-refractivity contribution in [3.8, 4) is 0 Å². The first-order valence-electron chi connectivity index (χ1n) is 7.82. The summed E-state index contributed by atoms with van der Waals surface area (Å²) < 4.78 is 0. The number of hydrogen-bond donors (Lipinski definition) is 0. The second kappa shape index (κ2) is 11.7. The predicted molar refractivity (Wildman–Crippen MR) is 78.8 cm³/mol. The fourth-order valence-electron chi connectivity index (χ4n) is 1.82. The van der Waals surface area contributed by atoms with Gasteiger partial charge in [-0.2, -0.15) is 0 Å². The molecule has 0 aliphatic heterocycles. The zero-order valence-corrected chi connectivity index (χ0v) is 13.4. The summed E-state index contributed by atoms with van der Waals surface area (Å²) in [6.45, 7) is 8.61. The second-order valence-corrected chi connectivity index (χ2v) is 6.19. The number of carbonyl (C=O) groups excluding carboxylic acids is 2. The minimum Gasteiger partial charge on any atom is -0.247 e. The topological polar surface area (TPSA) is 52.6 Å². The minimum absolute atomic E-state index is 0.313. The highest BCUT2D eigenvalue weighted by Gasteiger charge is 2.09. The van der Waals surface area contributed by atoms with E-state index in [-0.39, 0.29) is 0 Å². The van der Waals surface area contributed by atoms with Crippen LogP contribution < -0.4 is 0 Å². The Kier molecular flexibility index (Phi) is 11.1. The normalized spacial score (nSPS) is 10.9. The van der Waals surface area contributed by atoms with Crippen LogP contribution in [0.25, 0.3) is 0 Å². The maximum absolute atomic E-state index is 11.3. The highest BCUT2D eigenvalue weighted by molar-refractivity contribution is 5.72. The summed E-state index contributed by atoms with van der Waals surface area (Å²) in [5, 5.41) is 0. The number of unbranched alkanes of at least 4 members (excludes halogenated alkanes) is 2. The number of hydrogen-bond acceptors (Lipinski definition) is 4. The van der Waals surface area contributed by atoms with E-state index in [0.29, 0.717) is 24.7 Å². The summed E-state index contributed by atoms with van der Waals surface area (Å²) in [5.41, 5.74) is 0. The summed E-state index contributed by atoms with van der Waals surface area (Å²) >= 11 is 0. The van der Waals surface area contributed by atoms with Gasteiger partial charge < -0.3 is 0 Å². The lowest BCUT2D eigenvalue weighted by atomic mass is 10.1. The first-order chi connectivity index (χ1) is 9.41. The lowest BCUT2D eigenvalue weighted by molar-refractivity contribution is -0.259. The molecule has 4 heteroatoms. The molecule has 0 aliphatic rings. The number of rotatable bonds is 10. The first kappa shape index (κ1) is 18.9. The van der Waals surface area contributed by atoms with E-state index in [4.69, 9.17) is 0 Å². The van der Waals surface area contributed by atoms with Crippen molar-refractivity contribution >= 4 is 11.9 Å². The van der Waals surface area contributed by atoms with Crippen LogP contribution in [0.5, 0.6) is 0 Å². The lowest BCUT2D eigenvalue weighted by Crippen LogP contribution is -2.11. The molecule has 0 heterocycles. The molecule has 20 heavy (non-hydrogen) atoms. The summed E-state index contributed by atoms with van der Waals surface area (Å²) in [6, 6.07) is 0. The van der Waals surface area contributed by atoms with Crippen molar-refractivity contribution in [2.24, 2.45) is 11.8 Å². The lowest BCUT2D eigenvalue weighted by Gasteiger charge is -2.05. The average Bonchev–Trinajstić information content (AvgIpc) is 2.37. The standard InChI is InChI=1S/C16H30O4/c1-13(2)9-5-7-11-15(17)19-20-16(18)12-8-6-10-14(3)4/h13-14H,5-12H2,1-4H3. The first-order valence-corrected chi connectivity index (χ1v) is 7.82. The molecule has 0 saturated carbocycles. The van der Waals surface area contributed by atoms with Crippen LogP contribution in [0.1, 0.15) is 79.1 Å². The van der Waals surface area contributed by atoms with E-state index in [1.807, 2.05) is 0 Å². The Balaban J connectivity index is 3.46. The molecule has 0 N–H and O–H groups in total. The minimum atomic E-state index is -0.454. The summed E-state index contributed by atoms with van der Waals surface area (Å²) in [6.07, 6.45) is 6.38. The Morgan fingerprint density at radius 3 is 1.35 bits per heavy atom. The van der Waals surface area contributed by atoms with Gasteiger partial charge in [-0.25, -0.2) is 19.4 Å². The molecule has 0 saturated heterocycles. The van der Waals surface area contributed by atoms with Gasteiger partial charge in [-0.3, -0.25) is 0 Å². The van der Waals surface area contributed by atoms with Crippen LogP contribution in [0.15, 0.2) is 0 Å². The molecule has 0 bridgehead atoms. The summed E-state index contributed by atoms with van der Waals surface area (Å²) in [5.74, 6) is 0.387. The van der Waals surface area contributed by atoms with Gasteiger partial charge in [0.25, 0.3) is 0 Å². The zero-order chi connectivity index (χ0) is 15.4. The largest absolute Gasteiger partial charge is 0.355 e. The van der Waals surface area contributed by atoms with Crippen LogP contribution >= 0.6 is 0 Å².